The van der Waals surface area contributed by atoms with Gasteiger partial charge in [-0.15, -0.1) is 0 Å². The molecule has 0 N–H and O–H groups in total. The first-order valence-corrected chi connectivity index (χ1v) is 6.64. The van der Waals surface area contributed by atoms with E-state index in [-0.39, 0.29) is 0 Å². The van der Waals surface area contributed by atoms with Gasteiger partial charge < -0.3 is 4.74 Å². The lowest BCUT2D eigenvalue weighted by Gasteiger charge is -2.28. The first-order valence-electron chi connectivity index (χ1n) is 6.64. The third-order valence-electron chi connectivity index (χ3n) is 3.68. The first-order chi connectivity index (χ1) is 8.70. The number of rotatable bonds is 5. The van der Waals surface area contributed by atoms with Gasteiger partial charge in [0, 0.05) is 17.6 Å². The van der Waals surface area contributed by atoms with E-state index in [9.17, 15) is 4.79 Å². The second-order valence-corrected chi connectivity index (χ2v) is 5.08. The van der Waals surface area contributed by atoms with E-state index in [1.165, 1.54) is 19.4 Å². The van der Waals surface area contributed by atoms with Crippen LogP contribution in [-0.4, -0.2) is 36.4 Å². The maximum atomic E-state index is 10.5. The highest BCUT2D eigenvalue weighted by molar-refractivity contribution is 5.74. The van der Waals surface area contributed by atoms with E-state index in [0.717, 1.165) is 12.0 Å². The molecule has 0 spiro atoms. The van der Waals surface area contributed by atoms with Crippen molar-refractivity contribution in [1.82, 2.24) is 4.90 Å². The number of benzene rings is 1. The van der Waals surface area contributed by atoms with E-state index in [4.69, 9.17) is 4.74 Å². The predicted octanol–water partition coefficient (Wildman–Crippen LogP) is 2.75. The summed E-state index contributed by atoms with van der Waals surface area (Å²) in [5.41, 5.74) is 0.684. The van der Waals surface area contributed by atoms with Crippen LogP contribution in [0.4, 0.5) is 0 Å². The molecule has 0 aliphatic carbocycles. The number of hydrogen-bond acceptors (Lipinski definition) is 3. The molecule has 0 saturated carbocycles. The largest absolute Gasteiger partial charge is 0.492 e. The number of carbonyl (C=O) groups excluding carboxylic acids is 1. The van der Waals surface area contributed by atoms with Crippen molar-refractivity contribution in [3.05, 3.63) is 29.8 Å². The van der Waals surface area contributed by atoms with Crippen LogP contribution in [0.5, 0.6) is 5.75 Å². The summed E-state index contributed by atoms with van der Waals surface area (Å²) >= 11 is 0. The van der Waals surface area contributed by atoms with E-state index >= 15 is 0 Å². The molecule has 1 saturated heterocycles. The number of likely N-dealkylation sites (tertiary alicyclic amines) is 1. The molecule has 2 atom stereocenters. The first kappa shape index (κ1) is 13.1. The van der Waals surface area contributed by atoms with Gasteiger partial charge in [-0.1, -0.05) is 0 Å². The topological polar surface area (TPSA) is 29.5 Å². The average Bonchev–Trinajstić information content (AvgIpc) is 2.83. The Kier molecular flexibility index (Phi) is 4.37. The molecule has 0 unspecified atom stereocenters. The number of hydrogen-bond donors (Lipinski definition) is 0. The Bertz CT molecular complexity index is 388. The Morgan fingerprint density at radius 2 is 2.17 bits per heavy atom. The molecule has 1 aromatic rings. The van der Waals surface area contributed by atoms with Crippen LogP contribution in [-0.2, 0) is 0 Å². The molecular formula is C15H21NO2. The van der Waals surface area contributed by atoms with Gasteiger partial charge in [-0.2, -0.15) is 0 Å². The zero-order chi connectivity index (χ0) is 13.0. The van der Waals surface area contributed by atoms with Crippen LogP contribution >= 0.6 is 0 Å². The SMILES string of the molecule is C[C@@H]1CCCN1[C@@H](C)COc1ccc(C=O)cc1. The molecule has 3 nitrogen and oxygen atoms in total. The third-order valence-corrected chi connectivity index (χ3v) is 3.68. The van der Waals surface area contributed by atoms with Gasteiger partial charge in [0.15, 0.2) is 0 Å². The standard InChI is InChI=1S/C15H21NO2/c1-12-4-3-9-16(12)13(2)11-18-15-7-5-14(10-17)6-8-15/h5-8,10,12-13H,3-4,9,11H2,1-2H3/t12-,13+/m1/s1. The highest BCUT2D eigenvalue weighted by Gasteiger charge is 2.25. The van der Waals surface area contributed by atoms with E-state index in [1.807, 2.05) is 12.1 Å². The summed E-state index contributed by atoms with van der Waals surface area (Å²) in [7, 11) is 0. The summed E-state index contributed by atoms with van der Waals surface area (Å²) in [6.07, 6.45) is 3.43. The van der Waals surface area contributed by atoms with E-state index < -0.39 is 0 Å². The molecule has 2 rings (SSSR count). The monoisotopic (exact) mass is 247 g/mol. The van der Waals surface area contributed by atoms with Crippen molar-refractivity contribution in [3.63, 3.8) is 0 Å². The Morgan fingerprint density at radius 3 is 2.72 bits per heavy atom. The summed E-state index contributed by atoms with van der Waals surface area (Å²) in [5, 5.41) is 0. The molecule has 1 aliphatic heterocycles. The highest BCUT2D eigenvalue weighted by Crippen LogP contribution is 2.20. The van der Waals surface area contributed by atoms with Crippen LogP contribution in [0.25, 0.3) is 0 Å². The Labute approximate surface area is 109 Å². The van der Waals surface area contributed by atoms with Crippen LogP contribution in [0.3, 0.4) is 0 Å². The molecule has 3 heteroatoms. The Balaban J connectivity index is 1.84. The van der Waals surface area contributed by atoms with E-state index in [0.29, 0.717) is 24.3 Å². The third kappa shape index (κ3) is 3.10. The fourth-order valence-corrected chi connectivity index (χ4v) is 2.57. The van der Waals surface area contributed by atoms with Crippen molar-refractivity contribution in [2.24, 2.45) is 0 Å². The molecule has 0 amide bonds. The smallest absolute Gasteiger partial charge is 0.150 e. The Morgan fingerprint density at radius 1 is 1.44 bits per heavy atom. The van der Waals surface area contributed by atoms with Gasteiger partial charge in [0.25, 0.3) is 0 Å². The molecule has 0 bridgehead atoms. The summed E-state index contributed by atoms with van der Waals surface area (Å²) in [6.45, 7) is 6.37. The van der Waals surface area contributed by atoms with Crippen LogP contribution in [0.1, 0.15) is 37.0 Å². The minimum absolute atomic E-state index is 0.438. The summed E-state index contributed by atoms with van der Waals surface area (Å²) in [6, 6.07) is 8.37. The summed E-state index contributed by atoms with van der Waals surface area (Å²) in [4.78, 5) is 13.0. The zero-order valence-corrected chi connectivity index (χ0v) is 11.1. The molecule has 0 aromatic heterocycles. The van der Waals surface area contributed by atoms with Crippen molar-refractivity contribution in [2.75, 3.05) is 13.2 Å². The molecular weight excluding hydrogens is 226 g/mol. The van der Waals surface area contributed by atoms with E-state index in [2.05, 4.69) is 18.7 Å². The maximum Gasteiger partial charge on any atom is 0.150 e. The van der Waals surface area contributed by atoms with Gasteiger partial charge in [-0.05, 0) is 57.5 Å². The van der Waals surface area contributed by atoms with Crippen molar-refractivity contribution in [3.8, 4) is 5.75 Å². The molecule has 0 radical (unpaired) electrons. The fourth-order valence-electron chi connectivity index (χ4n) is 2.57. The number of aldehydes is 1. The second kappa shape index (κ2) is 6.01. The van der Waals surface area contributed by atoms with Gasteiger partial charge in [-0.3, -0.25) is 9.69 Å². The molecule has 1 aromatic carbocycles. The number of nitrogens with zero attached hydrogens (tertiary/aromatic N) is 1. The predicted molar refractivity (Wildman–Crippen MR) is 72.2 cm³/mol. The van der Waals surface area contributed by atoms with Crippen molar-refractivity contribution in [2.45, 2.75) is 38.8 Å². The van der Waals surface area contributed by atoms with Gasteiger partial charge in [0.2, 0.25) is 0 Å². The molecule has 1 aliphatic rings. The minimum atomic E-state index is 0.438. The summed E-state index contributed by atoms with van der Waals surface area (Å²) < 4.78 is 5.77. The lowest BCUT2D eigenvalue weighted by molar-refractivity contribution is 0.112. The maximum absolute atomic E-state index is 10.5. The Hall–Kier alpha value is -1.35. The van der Waals surface area contributed by atoms with Gasteiger partial charge in [0.1, 0.15) is 18.6 Å². The van der Waals surface area contributed by atoms with Crippen LogP contribution in [0.2, 0.25) is 0 Å². The highest BCUT2D eigenvalue weighted by atomic mass is 16.5. The lowest BCUT2D eigenvalue weighted by Crippen LogP contribution is -2.39. The van der Waals surface area contributed by atoms with E-state index in [1.54, 1.807) is 12.1 Å². The van der Waals surface area contributed by atoms with Crippen LogP contribution in [0, 0.1) is 0 Å². The van der Waals surface area contributed by atoms with Gasteiger partial charge >= 0.3 is 0 Å². The molecule has 98 valence electrons. The summed E-state index contributed by atoms with van der Waals surface area (Å²) in [5.74, 6) is 0.833. The van der Waals surface area contributed by atoms with Crippen molar-refractivity contribution < 1.29 is 9.53 Å². The molecule has 1 fully saturated rings. The van der Waals surface area contributed by atoms with Crippen molar-refractivity contribution >= 4 is 6.29 Å². The fraction of sp³-hybridized carbons (Fsp3) is 0.533. The van der Waals surface area contributed by atoms with Gasteiger partial charge in [0.05, 0.1) is 0 Å². The average molecular weight is 247 g/mol. The quantitative estimate of drug-likeness (QED) is 0.749. The number of ether oxygens (including phenoxy) is 1. The van der Waals surface area contributed by atoms with Crippen LogP contribution < -0.4 is 4.74 Å². The normalized spacial score (nSPS) is 21.8. The van der Waals surface area contributed by atoms with Gasteiger partial charge in [-0.25, -0.2) is 0 Å². The van der Waals surface area contributed by atoms with Crippen molar-refractivity contribution in [1.29, 1.82) is 0 Å². The molecule has 18 heavy (non-hydrogen) atoms. The number of carbonyl (C=O) groups is 1. The minimum Gasteiger partial charge on any atom is -0.492 e. The van der Waals surface area contributed by atoms with Crippen LogP contribution in [0.15, 0.2) is 24.3 Å². The zero-order valence-electron chi connectivity index (χ0n) is 11.1. The molecule has 1 heterocycles. The lowest BCUT2D eigenvalue weighted by atomic mass is 10.2. The second-order valence-electron chi connectivity index (χ2n) is 5.08.